The number of carbonyl (C=O) groups excluding carboxylic acids is 3. The van der Waals surface area contributed by atoms with Crippen LogP contribution in [0.4, 0.5) is 10.8 Å². The van der Waals surface area contributed by atoms with E-state index in [0.29, 0.717) is 23.1 Å². The van der Waals surface area contributed by atoms with E-state index in [1.165, 1.54) is 29.4 Å². The first-order valence-electron chi connectivity index (χ1n) is 9.01. The van der Waals surface area contributed by atoms with Crippen molar-refractivity contribution in [3.8, 4) is 0 Å². The minimum Gasteiger partial charge on any atom is -0.466 e. The Morgan fingerprint density at radius 2 is 2.07 bits per heavy atom. The molecule has 0 radical (unpaired) electrons. The fraction of sp³-hybridized carbons (Fsp3) is 0.200. The average molecular weight is 446 g/mol. The number of carbonyl (C=O) groups is 3. The Morgan fingerprint density at radius 3 is 2.83 bits per heavy atom. The third-order valence-corrected chi connectivity index (χ3v) is 5.44. The summed E-state index contributed by atoms with van der Waals surface area (Å²) >= 11 is 2.58. The Morgan fingerprint density at radius 1 is 1.20 bits per heavy atom. The van der Waals surface area contributed by atoms with Crippen molar-refractivity contribution in [1.29, 1.82) is 0 Å². The number of furan rings is 1. The summed E-state index contributed by atoms with van der Waals surface area (Å²) in [5.41, 5.74) is 1.16. The van der Waals surface area contributed by atoms with Crippen LogP contribution in [0.25, 0.3) is 0 Å². The average Bonchev–Trinajstić information content (AvgIpc) is 3.39. The number of ether oxygens (including phenoxy) is 1. The van der Waals surface area contributed by atoms with Crippen molar-refractivity contribution in [1.82, 2.24) is 4.98 Å². The standard InChI is InChI=1S/C20H19N3O5S2/c1-2-27-18(25)10-14-11-30-20(22-14)23-17(24)12-29-15-6-3-5-13(9-15)21-19(26)16-7-4-8-28-16/h3-9,11H,2,10,12H2,1H3,(H,21,26)(H,22,23,24). The van der Waals surface area contributed by atoms with Gasteiger partial charge in [-0.2, -0.15) is 0 Å². The van der Waals surface area contributed by atoms with Crippen LogP contribution in [0.3, 0.4) is 0 Å². The lowest BCUT2D eigenvalue weighted by Gasteiger charge is -2.06. The summed E-state index contributed by atoms with van der Waals surface area (Å²) in [5, 5.41) is 7.61. The number of benzene rings is 1. The molecule has 1 aromatic carbocycles. The summed E-state index contributed by atoms with van der Waals surface area (Å²) in [6.07, 6.45) is 1.51. The minimum absolute atomic E-state index is 0.0749. The van der Waals surface area contributed by atoms with Gasteiger partial charge in [0, 0.05) is 16.0 Å². The summed E-state index contributed by atoms with van der Waals surface area (Å²) in [5.74, 6) is -0.527. The monoisotopic (exact) mass is 445 g/mol. The zero-order valence-corrected chi connectivity index (χ0v) is 17.7. The largest absolute Gasteiger partial charge is 0.466 e. The maximum Gasteiger partial charge on any atom is 0.311 e. The summed E-state index contributed by atoms with van der Waals surface area (Å²) in [6.45, 7) is 2.06. The number of amides is 2. The minimum atomic E-state index is -0.352. The molecule has 10 heteroatoms. The van der Waals surface area contributed by atoms with Gasteiger partial charge in [0.2, 0.25) is 5.91 Å². The SMILES string of the molecule is CCOC(=O)Cc1csc(NC(=O)CSc2cccc(NC(=O)c3ccco3)c2)n1. The normalized spacial score (nSPS) is 10.4. The van der Waals surface area contributed by atoms with E-state index in [2.05, 4.69) is 15.6 Å². The second-order valence-electron chi connectivity index (χ2n) is 5.92. The topological polar surface area (TPSA) is 111 Å². The Labute approximate surface area is 181 Å². The molecule has 0 spiro atoms. The lowest BCUT2D eigenvalue weighted by atomic mass is 10.3. The van der Waals surface area contributed by atoms with E-state index in [1.54, 1.807) is 42.6 Å². The molecule has 2 N–H and O–H groups in total. The fourth-order valence-corrected chi connectivity index (χ4v) is 3.86. The number of nitrogens with one attached hydrogen (secondary N) is 2. The van der Waals surface area contributed by atoms with E-state index in [9.17, 15) is 14.4 Å². The van der Waals surface area contributed by atoms with Gasteiger partial charge in [0.15, 0.2) is 10.9 Å². The Hall–Kier alpha value is -3.11. The first-order chi connectivity index (χ1) is 14.5. The van der Waals surface area contributed by atoms with Gasteiger partial charge in [-0.1, -0.05) is 6.07 Å². The maximum absolute atomic E-state index is 12.2. The molecular formula is C20H19N3O5S2. The van der Waals surface area contributed by atoms with Crippen LogP contribution in [-0.4, -0.2) is 35.1 Å². The van der Waals surface area contributed by atoms with E-state index < -0.39 is 0 Å². The van der Waals surface area contributed by atoms with E-state index in [0.717, 1.165) is 4.90 Å². The van der Waals surface area contributed by atoms with Crippen molar-refractivity contribution in [3.63, 3.8) is 0 Å². The molecule has 0 aliphatic heterocycles. The van der Waals surface area contributed by atoms with Gasteiger partial charge in [-0.3, -0.25) is 14.4 Å². The predicted molar refractivity (Wildman–Crippen MR) is 115 cm³/mol. The highest BCUT2D eigenvalue weighted by Crippen LogP contribution is 2.23. The summed E-state index contributed by atoms with van der Waals surface area (Å²) in [6, 6.07) is 10.4. The van der Waals surface area contributed by atoms with Crippen LogP contribution >= 0.6 is 23.1 Å². The lowest BCUT2D eigenvalue weighted by molar-refractivity contribution is -0.142. The van der Waals surface area contributed by atoms with Gasteiger partial charge in [-0.25, -0.2) is 4.98 Å². The molecule has 0 fully saturated rings. The number of rotatable bonds is 9. The molecule has 3 rings (SSSR count). The summed E-state index contributed by atoms with van der Waals surface area (Å²) < 4.78 is 9.95. The highest BCUT2D eigenvalue weighted by Gasteiger charge is 2.12. The van der Waals surface area contributed by atoms with Crippen LogP contribution in [0.15, 0.2) is 57.4 Å². The van der Waals surface area contributed by atoms with E-state index in [-0.39, 0.29) is 35.7 Å². The van der Waals surface area contributed by atoms with Crippen LogP contribution < -0.4 is 10.6 Å². The highest BCUT2D eigenvalue weighted by molar-refractivity contribution is 8.00. The van der Waals surface area contributed by atoms with Gasteiger partial charge in [-0.15, -0.1) is 23.1 Å². The number of anilines is 2. The van der Waals surface area contributed by atoms with Crippen LogP contribution in [0.2, 0.25) is 0 Å². The summed E-state index contributed by atoms with van der Waals surface area (Å²) in [4.78, 5) is 40.8. The quantitative estimate of drug-likeness (QED) is 0.380. The number of hydrogen-bond acceptors (Lipinski definition) is 8. The molecule has 0 unspecified atom stereocenters. The smallest absolute Gasteiger partial charge is 0.311 e. The zero-order chi connectivity index (χ0) is 21.3. The molecule has 0 bridgehead atoms. The van der Waals surface area contributed by atoms with Crippen molar-refractivity contribution >= 4 is 51.7 Å². The van der Waals surface area contributed by atoms with Crippen LogP contribution in [-0.2, 0) is 20.7 Å². The van der Waals surface area contributed by atoms with Crippen molar-refractivity contribution < 1.29 is 23.5 Å². The molecule has 0 saturated heterocycles. The molecule has 156 valence electrons. The zero-order valence-electron chi connectivity index (χ0n) is 16.0. The van der Waals surface area contributed by atoms with Crippen molar-refractivity contribution in [2.75, 3.05) is 23.0 Å². The molecule has 2 amide bonds. The second-order valence-corrected chi connectivity index (χ2v) is 7.83. The van der Waals surface area contributed by atoms with E-state index in [1.807, 2.05) is 6.07 Å². The molecule has 3 aromatic rings. The van der Waals surface area contributed by atoms with Gasteiger partial charge < -0.3 is 19.8 Å². The molecule has 2 aromatic heterocycles. The molecule has 30 heavy (non-hydrogen) atoms. The Balaban J connectivity index is 1.48. The number of hydrogen-bond donors (Lipinski definition) is 2. The molecule has 0 atom stereocenters. The van der Waals surface area contributed by atoms with Gasteiger partial charge in [-0.05, 0) is 37.3 Å². The van der Waals surface area contributed by atoms with Crippen molar-refractivity contribution in [2.45, 2.75) is 18.2 Å². The molecule has 2 heterocycles. The van der Waals surface area contributed by atoms with Crippen molar-refractivity contribution in [2.24, 2.45) is 0 Å². The van der Waals surface area contributed by atoms with Crippen LogP contribution in [0, 0.1) is 0 Å². The van der Waals surface area contributed by atoms with Gasteiger partial charge in [0.25, 0.3) is 5.91 Å². The number of nitrogens with zero attached hydrogens (tertiary/aromatic N) is 1. The predicted octanol–water partition coefficient (Wildman–Crippen LogP) is 3.82. The second kappa shape index (κ2) is 10.6. The van der Waals surface area contributed by atoms with Crippen LogP contribution in [0.1, 0.15) is 23.2 Å². The van der Waals surface area contributed by atoms with Gasteiger partial charge >= 0.3 is 5.97 Å². The summed E-state index contributed by atoms with van der Waals surface area (Å²) in [7, 11) is 0. The Kier molecular flexibility index (Phi) is 7.63. The Bertz CT molecular complexity index is 1020. The molecular weight excluding hydrogens is 426 g/mol. The fourth-order valence-electron chi connectivity index (χ4n) is 2.37. The van der Waals surface area contributed by atoms with Gasteiger partial charge in [0.1, 0.15) is 0 Å². The molecule has 0 aliphatic carbocycles. The number of thiazole rings is 1. The first kappa shape index (κ1) is 21.6. The maximum atomic E-state index is 12.2. The highest BCUT2D eigenvalue weighted by atomic mass is 32.2. The molecule has 8 nitrogen and oxygen atoms in total. The third-order valence-electron chi connectivity index (χ3n) is 3.64. The first-order valence-corrected chi connectivity index (χ1v) is 10.9. The van der Waals surface area contributed by atoms with Crippen molar-refractivity contribution in [3.05, 3.63) is 59.5 Å². The van der Waals surface area contributed by atoms with E-state index in [4.69, 9.17) is 9.15 Å². The lowest BCUT2D eigenvalue weighted by Crippen LogP contribution is -2.14. The van der Waals surface area contributed by atoms with Crippen LogP contribution in [0.5, 0.6) is 0 Å². The van der Waals surface area contributed by atoms with E-state index >= 15 is 0 Å². The molecule has 0 aliphatic rings. The third kappa shape index (κ3) is 6.46. The van der Waals surface area contributed by atoms with Gasteiger partial charge in [0.05, 0.1) is 30.7 Å². The number of aromatic nitrogens is 1. The number of esters is 1. The molecule has 0 saturated carbocycles. The number of thioether (sulfide) groups is 1.